The zero-order valence-electron chi connectivity index (χ0n) is 14.3. The van der Waals surface area contributed by atoms with Crippen molar-refractivity contribution in [1.82, 2.24) is 20.0 Å². The lowest BCUT2D eigenvalue weighted by atomic mass is 10.1. The number of rotatable bonds is 0. The predicted octanol–water partition coefficient (Wildman–Crippen LogP) is 6.38. The molecule has 0 aliphatic rings. The number of hydrogen-bond acceptors (Lipinski definition) is 2. The SMILES string of the molecule is Cn1nc(I)c2cc(C(F)(F)F)ccc21.FC(F)(F)c1ccc2n[nH]c(I)c2c1. The maximum atomic E-state index is 12.4. The fraction of sp³-hybridized carbons (Fsp3) is 0.176. The number of hydrogen-bond donors (Lipinski definition) is 1. The van der Waals surface area contributed by atoms with Gasteiger partial charge < -0.3 is 0 Å². The van der Waals surface area contributed by atoms with Crippen LogP contribution in [0.1, 0.15) is 11.1 Å². The molecule has 0 unspecified atom stereocenters. The Morgan fingerprint density at radius 3 is 2.00 bits per heavy atom. The lowest BCUT2D eigenvalue weighted by molar-refractivity contribution is -0.138. The molecule has 2 heterocycles. The summed E-state index contributed by atoms with van der Waals surface area (Å²) in [4.78, 5) is 0. The predicted molar refractivity (Wildman–Crippen MR) is 112 cm³/mol. The lowest BCUT2D eigenvalue weighted by Crippen LogP contribution is -2.04. The Hall–Kier alpha value is -1.58. The molecule has 1 N–H and O–H groups in total. The van der Waals surface area contributed by atoms with E-state index in [2.05, 4.69) is 15.3 Å². The van der Waals surface area contributed by atoms with E-state index >= 15 is 0 Å². The number of aromatic nitrogens is 4. The Kier molecular flexibility index (Phi) is 6.04. The average molecular weight is 638 g/mol. The number of H-pyrrole nitrogens is 1. The molecule has 29 heavy (non-hydrogen) atoms. The van der Waals surface area contributed by atoms with Crippen molar-refractivity contribution in [2.75, 3.05) is 0 Å². The molecule has 12 heteroatoms. The molecular formula is C17H10F6I2N4. The summed E-state index contributed by atoms with van der Waals surface area (Å²) < 4.78 is 77.0. The minimum absolute atomic E-state index is 0.500. The highest BCUT2D eigenvalue weighted by Crippen LogP contribution is 2.33. The quantitative estimate of drug-likeness (QED) is 0.180. The van der Waals surface area contributed by atoms with Crippen molar-refractivity contribution in [3.63, 3.8) is 0 Å². The summed E-state index contributed by atoms with van der Waals surface area (Å²) in [6.45, 7) is 0. The summed E-state index contributed by atoms with van der Waals surface area (Å²) >= 11 is 3.84. The van der Waals surface area contributed by atoms with E-state index in [1.54, 1.807) is 11.7 Å². The van der Waals surface area contributed by atoms with Crippen molar-refractivity contribution in [2.24, 2.45) is 7.05 Å². The van der Waals surface area contributed by atoms with Gasteiger partial charge in [-0.15, -0.1) is 0 Å². The minimum atomic E-state index is -4.30. The summed E-state index contributed by atoms with van der Waals surface area (Å²) in [6.07, 6.45) is -8.60. The third-order valence-electron chi connectivity index (χ3n) is 3.97. The molecule has 4 aromatic rings. The largest absolute Gasteiger partial charge is 0.416 e. The summed E-state index contributed by atoms with van der Waals surface area (Å²) in [6, 6.07) is 7.12. The summed E-state index contributed by atoms with van der Waals surface area (Å²) in [5, 5.41) is 11.6. The zero-order valence-corrected chi connectivity index (χ0v) is 18.6. The molecule has 154 valence electrons. The molecule has 0 spiro atoms. The third-order valence-corrected chi connectivity index (χ3v) is 5.59. The maximum Gasteiger partial charge on any atom is 0.416 e. The second-order valence-corrected chi connectivity index (χ2v) is 8.01. The van der Waals surface area contributed by atoms with Gasteiger partial charge in [0.1, 0.15) is 7.40 Å². The fourth-order valence-electron chi connectivity index (χ4n) is 2.55. The topological polar surface area (TPSA) is 46.5 Å². The van der Waals surface area contributed by atoms with Crippen LogP contribution in [0, 0.1) is 7.40 Å². The fourth-order valence-corrected chi connectivity index (χ4v) is 3.86. The van der Waals surface area contributed by atoms with Crippen LogP contribution in [0.25, 0.3) is 21.8 Å². The van der Waals surface area contributed by atoms with E-state index in [0.29, 0.717) is 29.2 Å². The monoisotopic (exact) mass is 638 g/mol. The summed E-state index contributed by atoms with van der Waals surface area (Å²) in [5.74, 6) is 0. The second-order valence-electron chi connectivity index (χ2n) is 5.91. The Balaban J connectivity index is 0.000000166. The second kappa shape index (κ2) is 7.92. The van der Waals surface area contributed by atoms with Crippen LogP contribution in [0.4, 0.5) is 26.3 Å². The van der Waals surface area contributed by atoms with Crippen LogP contribution in [0.3, 0.4) is 0 Å². The van der Waals surface area contributed by atoms with Gasteiger partial charge in [0.05, 0.1) is 22.2 Å². The highest BCUT2D eigenvalue weighted by Gasteiger charge is 2.31. The van der Waals surface area contributed by atoms with E-state index in [0.717, 1.165) is 24.3 Å². The Morgan fingerprint density at radius 2 is 1.41 bits per heavy atom. The molecule has 0 amide bonds. The molecule has 0 saturated carbocycles. The van der Waals surface area contributed by atoms with Crippen LogP contribution in [-0.4, -0.2) is 20.0 Å². The third kappa shape index (κ3) is 4.78. The van der Waals surface area contributed by atoms with Gasteiger partial charge >= 0.3 is 12.4 Å². The number of fused-ring (bicyclic) bond motifs is 2. The van der Waals surface area contributed by atoms with Crippen molar-refractivity contribution >= 4 is 67.0 Å². The van der Waals surface area contributed by atoms with E-state index in [-0.39, 0.29) is 0 Å². The number of halogens is 8. The van der Waals surface area contributed by atoms with Crippen LogP contribution < -0.4 is 0 Å². The van der Waals surface area contributed by atoms with E-state index < -0.39 is 23.5 Å². The molecule has 4 rings (SSSR count). The van der Waals surface area contributed by atoms with Gasteiger partial charge in [-0.1, -0.05) is 0 Å². The molecule has 0 bridgehead atoms. The smallest absolute Gasteiger partial charge is 0.271 e. The molecule has 0 saturated heterocycles. The van der Waals surface area contributed by atoms with Gasteiger partial charge in [-0.2, -0.15) is 36.5 Å². The molecule has 0 radical (unpaired) electrons. The van der Waals surface area contributed by atoms with Crippen LogP contribution in [0.5, 0.6) is 0 Å². The number of aromatic amines is 1. The van der Waals surface area contributed by atoms with Crippen molar-refractivity contribution in [3.8, 4) is 0 Å². The molecule has 0 fully saturated rings. The number of alkyl halides is 6. The first kappa shape index (κ1) is 22.1. The normalized spacial score (nSPS) is 12.3. The highest BCUT2D eigenvalue weighted by atomic mass is 127. The van der Waals surface area contributed by atoms with Crippen molar-refractivity contribution in [2.45, 2.75) is 12.4 Å². The molecule has 4 nitrogen and oxygen atoms in total. The van der Waals surface area contributed by atoms with Gasteiger partial charge in [0, 0.05) is 17.8 Å². The number of aryl methyl sites for hydroxylation is 1. The molecule has 0 atom stereocenters. The molecule has 2 aromatic heterocycles. The molecular weight excluding hydrogens is 628 g/mol. The number of nitrogens with one attached hydrogen (secondary N) is 1. The van der Waals surface area contributed by atoms with Gasteiger partial charge in [-0.05, 0) is 81.6 Å². The number of benzene rings is 2. The van der Waals surface area contributed by atoms with E-state index in [1.165, 1.54) is 12.1 Å². The first-order valence-electron chi connectivity index (χ1n) is 7.78. The van der Waals surface area contributed by atoms with Gasteiger partial charge in [0.2, 0.25) is 0 Å². The van der Waals surface area contributed by atoms with Gasteiger partial charge in [-0.3, -0.25) is 9.78 Å². The molecule has 2 aromatic carbocycles. The average Bonchev–Trinajstić information content (AvgIpc) is 3.14. The number of nitrogens with zero attached hydrogens (tertiary/aromatic N) is 3. The lowest BCUT2D eigenvalue weighted by Gasteiger charge is -2.05. The van der Waals surface area contributed by atoms with Crippen molar-refractivity contribution in [3.05, 3.63) is 54.9 Å². The maximum absolute atomic E-state index is 12.4. The van der Waals surface area contributed by atoms with Gasteiger partial charge in [0.25, 0.3) is 0 Å². The minimum Gasteiger partial charge on any atom is -0.271 e. The van der Waals surface area contributed by atoms with Crippen LogP contribution in [-0.2, 0) is 19.4 Å². The highest BCUT2D eigenvalue weighted by molar-refractivity contribution is 14.1. The Bertz CT molecular complexity index is 1180. The van der Waals surface area contributed by atoms with Gasteiger partial charge in [0.15, 0.2) is 0 Å². The van der Waals surface area contributed by atoms with Crippen molar-refractivity contribution < 1.29 is 26.3 Å². The first-order chi connectivity index (χ1) is 13.4. The zero-order chi connectivity index (χ0) is 21.6. The van der Waals surface area contributed by atoms with Crippen molar-refractivity contribution in [1.29, 1.82) is 0 Å². The van der Waals surface area contributed by atoms with Gasteiger partial charge in [-0.25, -0.2) is 0 Å². The van der Waals surface area contributed by atoms with Crippen LogP contribution in [0.15, 0.2) is 36.4 Å². The molecule has 0 aliphatic carbocycles. The standard InChI is InChI=1S/C9H6F3IN2.C8H4F3IN2/c1-15-7-3-2-5(9(10,11)12)4-6(7)8(13)14-15;9-8(10,11)4-1-2-6-5(3-4)7(12)14-13-6/h2-4H,1H3;1-3H,(H,13,14). The Morgan fingerprint density at radius 1 is 0.862 bits per heavy atom. The van der Waals surface area contributed by atoms with E-state index in [4.69, 9.17) is 0 Å². The summed E-state index contributed by atoms with van der Waals surface area (Å²) in [5.41, 5.74) is -0.0416. The van der Waals surface area contributed by atoms with E-state index in [1.807, 2.05) is 45.2 Å². The molecule has 0 aliphatic heterocycles. The Labute approximate surface area is 186 Å². The van der Waals surface area contributed by atoms with Crippen LogP contribution in [0.2, 0.25) is 0 Å². The first-order valence-corrected chi connectivity index (χ1v) is 9.94. The summed E-state index contributed by atoms with van der Waals surface area (Å²) in [7, 11) is 1.71. The van der Waals surface area contributed by atoms with E-state index in [9.17, 15) is 26.3 Å². The van der Waals surface area contributed by atoms with Crippen LogP contribution >= 0.6 is 45.2 Å².